The van der Waals surface area contributed by atoms with Crippen molar-refractivity contribution in [3.05, 3.63) is 28.2 Å². The molecular weight excluding hydrogens is 278 g/mol. The summed E-state index contributed by atoms with van der Waals surface area (Å²) < 4.78 is 27.7. The van der Waals surface area contributed by atoms with Gasteiger partial charge in [0.1, 0.15) is 5.69 Å². The molecular formula is C11H13BrF2N2. The Balaban J connectivity index is 2.28. The first kappa shape index (κ1) is 11.8. The number of rotatable bonds is 2. The molecule has 0 amide bonds. The summed E-state index contributed by atoms with van der Waals surface area (Å²) in [6.45, 7) is 1.86. The molecule has 1 fully saturated rings. The second-order valence-electron chi connectivity index (χ2n) is 4.05. The van der Waals surface area contributed by atoms with Crippen LogP contribution in [0.1, 0.15) is 6.42 Å². The highest BCUT2D eigenvalue weighted by Gasteiger charge is 2.26. The molecule has 0 radical (unpaired) electrons. The van der Waals surface area contributed by atoms with Gasteiger partial charge in [0.15, 0.2) is 11.6 Å². The summed E-state index contributed by atoms with van der Waals surface area (Å²) >= 11 is 3.06. The summed E-state index contributed by atoms with van der Waals surface area (Å²) in [6, 6.07) is 2.57. The summed E-state index contributed by atoms with van der Waals surface area (Å²) in [5.41, 5.74) is 5.62. The predicted molar refractivity (Wildman–Crippen MR) is 63.4 cm³/mol. The van der Waals surface area contributed by atoms with Crippen LogP contribution in [0.2, 0.25) is 0 Å². The van der Waals surface area contributed by atoms with E-state index in [4.69, 9.17) is 5.73 Å². The van der Waals surface area contributed by atoms with Gasteiger partial charge in [-0.25, -0.2) is 8.78 Å². The summed E-state index contributed by atoms with van der Waals surface area (Å²) in [6.07, 6.45) is 0.894. The monoisotopic (exact) mass is 290 g/mol. The standard InChI is InChI=1S/C11H13BrF2N2/c12-8-3-9(13)11(10(14)4-8)16-2-1-7(5-15)6-16/h3-4,7H,1-2,5-6,15H2. The maximum absolute atomic E-state index is 13.7. The highest BCUT2D eigenvalue weighted by molar-refractivity contribution is 9.10. The van der Waals surface area contributed by atoms with E-state index in [2.05, 4.69) is 15.9 Å². The molecule has 2 N–H and O–H groups in total. The first-order valence-electron chi connectivity index (χ1n) is 5.21. The molecule has 1 aromatic carbocycles. The van der Waals surface area contributed by atoms with Gasteiger partial charge in [0, 0.05) is 17.6 Å². The molecule has 1 aliphatic heterocycles. The molecule has 1 saturated heterocycles. The Bertz CT molecular complexity index is 375. The summed E-state index contributed by atoms with van der Waals surface area (Å²) in [7, 11) is 0. The van der Waals surface area contributed by atoms with Crippen molar-refractivity contribution in [2.75, 3.05) is 24.5 Å². The van der Waals surface area contributed by atoms with Crippen molar-refractivity contribution in [3.8, 4) is 0 Å². The summed E-state index contributed by atoms with van der Waals surface area (Å²) in [5.74, 6) is -0.712. The number of nitrogens with two attached hydrogens (primary N) is 1. The maximum atomic E-state index is 13.7. The van der Waals surface area contributed by atoms with Crippen LogP contribution >= 0.6 is 15.9 Å². The van der Waals surface area contributed by atoms with E-state index >= 15 is 0 Å². The fourth-order valence-corrected chi connectivity index (χ4v) is 2.47. The molecule has 0 bridgehead atoms. The highest BCUT2D eigenvalue weighted by Crippen LogP contribution is 2.30. The van der Waals surface area contributed by atoms with Gasteiger partial charge in [-0.15, -0.1) is 0 Å². The van der Waals surface area contributed by atoms with Gasteiger partial charge in [0.05, 0.1) is 0 Å². The van der Waals surface area contributed by atoms with Crippen LogP contribution in [0.25, 0.3) is 0 Å². The van der Waals surface area contributed by atoms with Crippen molar-refractivity contribution < 1.29 is 8.78 Å². The van der Waals surface area contributed by atoms with Crippen molar-refractivity contribution in [1.29, 1.82) is 0 Å². The second kappa shape index (κ2) is 4.67. The van der Waals surface area contributed by atoms with Gasteiger partial charge in [-0.1, -0.05) is 15.9 Å². The number of hydrogen-bond acceptors (Lipinski definition) is 2. The number of anilines is 1. The minimum atomic E-state index is -0.524. The van der Waals surface area contributed by atoms with E-state index in [1.54, 1.807) is 4.90 Å². The number of nitrogens with zero attached hydrogens (tertiary/aromatic N) is 1. The van der Waals surface area contributed by atoms with Crippen LogP contribution in [-0.4, -0.2) is 19.6 Å². The van der Waals surface area contributed by atoms with Gasteiger partial charge in [-0.2, -0.15) is 0 Å². The lowest BCUT2D eigenvalue weighted by atomic mass is 10.1. The largest absolute Gasteiger partial charge is 0.366 e. The van der Waals surface area contributed by atoms with Crippen LogP contribution in [0.5, 0.6) is 0 Å². The van der Waals surface area contributed by atoms with Crippen molar-refractivity contribution in [1.82, 2.24) is 0 Å². The van der Waals surface area contributed by atoms with Gasteiger partial charge in [-0.05, 0) is 31.0 Å². The van der Waals surface area contributed by atoms with Gasteiger partial charge in [0.2, 0.25) is 0 Å². The third-order valence-electron chi connectivity index (χ3n) is 2.92. The molecule has 0 saturated carbocycles. The molecule has 1 aromatic rings. The van der Waals surface area contributed by atoms with Gasteiger partial charge in [0.25, 0.3) is 0 Å². The minimum absolute atomic E-state index is 0.0687. The predicted octanol–water partition coefficient (Wildman–Crippen LogP) is 2.51. The molecule has 0 spiro atoms. The average molecular weight is 291 g/mol. The van der Waals surface area contributed by atoms with Crippen LogP contribution in [-0.2, 0) is 0 Å². The molecule has 2 rings (SSSR count). The van der Waals surface area contributed by atoms with E-state index in [0.29, 0.717) is 30.0 Å². The minimum Gasteiger partial charge on any atom is -0.366 e. The van der Waals surface area contributed by atoms with Gasteiger partial charge >= 0.3 is 0 Å². The molecule has 1 atom stereocenters. The lowest BCUT2D eigenvalue weighted by Crippen LogP contribution is -2.24. The normalized spacial score (nSPS) is 20.5. The van der Waals surface area contributed by atoms with Crippen LogP contribution in [0.15, 0.2) is 16.6 Å². The zero-order valence-electron chi connectivity index (χ0n) is 8.72. The smallest absolute Gasteiger partial charge is 0.150 e. The molecule has 0 aliphatic carbocycles. The third-order valence-corrected chi connectivity index (χ3v) is 3.37. The number of hydrogen-bond donors (Lipinski definition) is 1. The van der Waals surface area contributed by atoms with E-state index in [1.165, 1.54) is 12.1 Å². The first-order chi connectivity index (χ1) is 7.61. The number of benzene rings is 1. The summed E-state index contributed by atoms with van der Waals surface area (Å²) in [4.78, 5) is 1.73. The van der Waals surface area contributed by atoms with Gasteiger partial charge < -0.3 is 10.6 Å². The number of halogens is 3. The first-order valence-corrected chi connectivity index (χ1v) is 6.00. The topological polar surface area (TPSA) is 29.3 Å². The zero-order valence-corrected chi connectivity index (χ0v) is 10.3. The Kier molecular flexibility index (Phi) is 3.44. The van der Waals surface area contributed by atoms with Crippen molar-refractivity contribution in [3.63, 3.8) is 0 Å². The molecule has 1 unspecified atom stereocenters. The van der Waals surface area contributed by atoms with Crippen LogP contribution in [0.3, 0.4) is 0 Å². The molecule has 16 heavy (non-hydrogen) atoms. The Morgan fingerprint density at radius 1 is 1.38 bits per heavy atom. The van der Waals surface area contributed by atoms with E-state index in [-0.39, 0.29) is 5.69 Å². The highest BCUT2D eigenvalue weighted by atomic mass is 79.9. The Labute approximate surface area is 102 Å². The van der Waals surface area contributed by atoms with E-state index in [9.17, 15) is 8.78 Å². The van der Waals surface area contributed by atoms with Crippen LogP contribution in [0.4, 0.5) is 14.5 Å². The molecule has 88 valence electrons. The SMILES string of the molecule is NCC1CCN(c2c(F)cc(Br)cc2F)C1. The van der Waals surface area contributed by atoms with Crippen molar-refractivity contribution in [2.45, 2.75) is 6.42 Å². The Morgan fingerprint density at radius 3 is 2.50 bits per heavy atom. The lowest BCUT2D eigenvalue weighted by molar-refractivity contribution is 0.570. The quantitative estimate of drug-likeness (QED) is 0.907. The molecule has 1 heterocycles. The van der Waals surface area contributed by atoms with Crippen molar-refractivity contribution in [2.24, 2.45) is 11.7 Å². The maximum Gasteiger partial charge on any atom is 0.150 e. The molecule has 2 nitrogen and oxygen atoms in total. The molecule has 0 aromatic heterocycles. The van der Waals surface area contributed by atoms with E-state index in [1.807, 2.05) is 0 Å². The molecule has 1 aliphatic rings. The van der Waals surface area contributed by atoms with E-state index < -0.39 is 11.6 Å². The van der Waals surface area contributed by atoms with Gasteiger partial charge in [-0.3, -0.25) is 0 Å². The van der Waals surface area contributed by atoms with Crippen LogP contribution in [0, 0.1) is 17.6 Å². The fraction of sp³-hybridized carbons (Fsp3) is 0.455. The zero-order chi connectivity index (χ0) is 11.7. The van der Waals surface area contributed by atoms with E-state index in [0.717, 1.165) is 6.42 Å². The van der Waals surface area contributed by atoms with Crippen LogP contribution < -0.4 is 10.6 Å². The lowest BCUT2D eigenvalue weighted by Gasteiger charge is -2.20. The Hall–Kier alpha value is -0.680. The average Bonchev–Trinajstić information content (AvgIpc) is 2.64. The second-order valence-corrected chi connectivity index (χ2v) is 4.97. The third kappa shape index (κ3) is 2.20. The molecule has 5 heteroatoms. The Morgan fingerprint density at radius 2 is 2.00 bits per heavy atom. The summed E-state index contributed by atoms with van der Waals surface area (Å²) in [5, 5.41) is 0. The fourth-order valence-electron chi connectivity index (χ4n) is 2.06. The van der Waals surface area contributed by atoms with Crippen molar-refractivity contribution >= 4 is 21.6 Å².